The van der Waals surface area contributed by atoms with Crippen molar-refractivity contribution in [2.24, 2.45) is 5.92 Å². The van der Waals surface area contributed by atoms with Crippen LogP contribution in [-0.4, -0.2) is 31.4 Å². The second kappa shape index (κ2) is 12.4. The predicted molar refractivity (Wildman–Crippen MR) is 140 cm³/mol. The van der Waals surface area contributed by atoms with Gasteiger partial charge in [-0.25, -0.2) is 13.6 Å². The van der Waals surface area contributed by atoms with Crippen molar-refractivity contribution >= 4 is 17.8 Å². The molecule has 3 aromatic rings. The summed E-state index contributed by atoms with van der Waals surface area (Å²) >= 11 is 0. The van der Waals surface area contributed by atoms with Gasteiger partial charge < -0.3 is 15.4 Å². The largest absolute Gasteiger partial charge is 0.465 e. The molecule has 3 aromatic carbocycles. The molecule has 38 heavy (non-hydrogen) atoms. The van der Waals surface area contributed by atoms with E-state index in [0.29, 0.717) is 29.2 Å². The van der Waals surface area contributed by atoms with Gasteiger partial charge in [-0.3, -0.25) is 9.59 Å². The highest BCUT2D eigenvalue weighted by molar-refractivity contribution is 5.98. The highest BCUT2D eigenvalue weighted by atomic mass is 19.1. The molecule has 6 nitrogen and oxygen atoms in total. The van der Waals surface area contributed by atoms with Gasteiger partial charge in [0.25, 0.3) is 11.8 Å². The second-order valence-corrected chi connectivity index (χ2v) is 9.43. The van der Waals surface area contributed by atoms with Gasteiger partial charge in [-0.2, -0.15) is 0 Å². The molecule has 1 fully saturated rings. The van der Waals surface area contributed by atoms with Crippen LogP contribution in [0.3, 0.4) is 0 Å². The van der Waals surface area contributed by atoms with Gasteiger partial charge in [-0.1, -0.05) is 43.5 Å². The molecular weight excluding hydrogens is 490 g/mol. The van der Waals surface area contributed by atoms with Crippen molar-refractivity contribution in [2.45, 2.75) is 38.6 Å². The fraction of sp³-hybridized carbons (Fsp3) is 0.300. The van der Waals surface area contributed by atoms with Crippen LogP contribution in [-0.2, 0) is 11.3 Å². The zero-order chi connectivity index (χ0) is 27.1. The Morgan fingerprint density at radius 3 is 2.13 bits per heavy atom. The van der Waals surface area contributed by atoms with Crippen LogP contribution < -0.4 is 10.6 Å². The van der Waals surface area contributed by atoms with Gasteiger partial charge in [0.15, 0.2) is 0 Å². The van der Waals surface area contributed by atoms with Crippen molar-refractivity contribution in [2.75, 3.05) is 13.7 Å². The van der Waals surface area contributed by atoms with Crippen LogP contribution in [0, 0.1) is 17.6 Å². The average Bonchev–Trinajstić information content (AvgIpc) is 2.95. The number of benzene rings is 3. The Morgan fingerprint density at radius 2 is 1.50 bits per heavy atom. The zero-order valence-electron chi connectivity index (χ0n) is 21.2. The van der Waals surface area contributed by atoms with E-state index < -0.39 is 23.5 Å². The number of carbonyl (C=O) groups is 3. The van der Waals surface area contributed by atoms with Gasteiger partial charge in [-0.15, -0.1) is 0 Å². The monoisotopic (exact) mass is 520 g/mol. The first kappa shape index (κ1) is 27.0. The van der Waals surface area contributed by atoms with Crippen LogP contribution in [0.1, 0.15) is 68.7 Å². The summed E-state index contributed by atoms with van der Waals surface area (Å²) in [6.45, 7) is 0.580. The van der Waals surface area contributed by atoms with Crippen molar-refractivity contribution in [3.63, 3.8) is 0 Å². The van der Waals surface area contributed by atoms with Crippen LogP contribution in [0.4, 0.5) is 8.78 Å². The van der Waals surface area contributed by atoms with Crippen LogP contribution in [0.25, 0.3) is 11.1 Å². The van der Waals surface area contributed by atoms with Gasteiger partial charge in [-0.05, 0) is 66.3 Å². The number of nitrogens with one attached hydrogen (secondary N) is 2. The highest BCUT2D eigenvalue weighted by Crippen LogP contribution is 2.28. The van der Waals surface area contributed by atoms with Crippen LogP contribution >= 0.6 is 0 Å². The molecule has 1 saturated carbocycles. The summed E-state index contributed by atoms with van der Waals surface area (Å²) in [6, 6.07) is 14.6. The first-order chi connectivity index (χ1) is 18.4. The Labute approximate surface area is 220 Å². The van der Waals surface area contributed by atoms with E-state index in [0.717, 1.165) is 26.0 Å². The minimum Gasteiger partial charge on any atom is -0.465 e. The topological polar surface area (TPSA) is 84.5 Å². The van der Waals surface area contributed by atoms with Crippen molar-refractivity contribution in [1.82, 2.24) is 10.6 Å². The summed E-state index contributed by atoms with van der Waals surface area (Å²) in [5, 5.41) is 5.64. The summed E-state index contributed by atoms with van der Waals surface area (Å²) in [6.07, 6.45) is 5.96. The number of carbonyl (C=O) groups excluding carboxylic acids is 3. The van der Waals surface area contributed by atoms with E-state index in [-0.39, 0.29) is 29.1 Å². The quantitative estimate of drug-likeness (QED) is 0.376. The third-order valence-corrected chi connectivity index (χ3v) is 6.89. The molecule has 198 valence electrons. The maximum absolute atomic E-state index is 14.8. The highest BCUT2D eigenvalue weighted by Gasteiger charge is 2.20. The smallest absolute Gasteiger partial charge is 0.341 e. The fourth-order valence-corrected chi connectivity index (χ4v) is 4.71. The normalized spacial score (nSPS) is 13.6. The number of amides is 2. The first-order valence-electron chi connectivity index (χ1n) is 12.7. The lowest BCUT2D eigenvalue weighted by molar-refractivity contribution is 0.0596. The molecule has 0 spiro atoms. The third-order valence-electron chi connectivity index (χ3n) is 6.89. The summed E-state index contributed by atoms with van der Waals surface area (Å²) in [5.74, 6) is -2.30. The molecule has 0 saturated heterocycles. The Balaban J connectivity index is 1.36. The Kier molecular flexibility index (Phi) is 8.84. The molecular formula is C30H30F2N2O4. The maximum atomic E-state index is 14.8. The summed E-state index contributed by atoms with van der Waals surface area (Å²) in [5.41, 5.74) is 1.26. The molecule has 8 heteroatoms. The number of esters is 1. The third kappa shape index (κ3) is 6.43. The van der Waals surface area contributed by atoms with Crippen molar-refractivity contribution in [3.05, 3.63) is 94.6 Å². The number of ether oxygens (including phenoxy) is 1. The molecule has 2 amide bonds. The molecule has 1 aliphatic carbocycles. The van der Waals surface area contributed by atoms with Crippen molar-refractivity contribution in [1.29, 1.82) is 0 Å². The molecule has 0 aliphatic heterocycles. The van der Waals surface area contributed by atoms with Gasteiger partial charge in [0, 0.05) is 29.8 Å². The lowest BCUT2D eigenvalue weighted by Gasteiger charge is -2.21. The molecule has 0 radical (unpaired) electrons. The first-order valence-corrected chi connectivity index (χ1v) is 12.7. The SMILES string of the molecule is COC(=O)c1c(F)cccc1-c1ccc(CNC(=O)c2ccc(C(=O)NCC3CCCCC3)cc2)c(F)c1. The number of hydrogen-bond acceptors (Lipinski definition) is 4. The molecule has 0 aromatic heterocycles. The second-order valence-electron chi connectivity index (χ2n) is 9.43. The van der Waals surface area contributed by atoms with E-state index in [1.165, 1.54) is 43.5 Å². The lowest BCUT2D eigenvalue weighted by Crippen LogP contribution is -2.30. The molecule has 0 heterocycles. The average molecular weight is 521 g/mol. The van der Waals surface area contributed by atoms with Gasteiger partial charge in [0.1, 0.15) is 17.2 Å². The standard InChI is InChI=1S/C30H30F2N2O4/c1-38-30(37)27-24(8-5-9-25(27)31)22-14-15-23(26(32)16-22)18-34-29(36)21-12-10-20(11-13-21)28(35)33-17-19-6-3-2-4-7-19/h5,8-16,19H,2-4,6-7,17-18H2,1H3,(H,33,35)(H,34,36). The maximum Gasteiger partial charge on any atom is 0.341 e. The van der Waals surface area contributed by atoms with Gasteiger partial charge in [0.2, 0.25) is 0 Å². The van der Waals surface area contributed by atoms with E-state index in [1.807, 2.05) is 0 Å². The fourth-order valence-electron chi connectivity index (χ4n) is 4.71. The number of halogens is 2. The van der Waals surface area contributed by atoms with Crippen LogP contribution in [0.5, 0.6) is 0 Å². The van der Waals surface area contributed by atoms with Crippen LogP contribution in [0.15, 0.2) is 60.7 Å². The summed E-state index contributed by atoms with van der Waals surface area (Å²) in [4.78, 5) is 37.1. The Hall–Kier alpha value is -4.07. The molecule has 0 unspecified atom stereocenters. The van der Waals surface area contributed by atoms with Gasteiger partial charge in [0.05, 0.1) is 7.11 Å². The summed E-state index contributed by atoms with van der Waals surface area (Å²) < 4.78 is 33.7. The molecule has 0 atom stereocenters. The van der Waals surface area contributed by atoms with E-state index in [9.17, 15) is 23.2 Å². The predicted octanol–water partition coefficient (Wildman–Crippen LogP) is 5.66. The van der Waals surface area contributed by atoms with E-state index in [2.05, 4.69) is 15.4 Å². The minimum absolute atomic E-state index is 0.0818. The number of methoxy groups -OCH3 is 1. The zero-order valence-corrected chi connectivity index (χ0v) is 21.2. The van der Waals surface area contributed by atoms with E-state index in [1.54, 1.807) is 30.3 Å². The Morgan fingerprint density at radius 1 is 0.842 bits per heavy atom. The van der Waals surface area contributed by atoms with E-state index in [4.69, 9.17) is 0 Å². The molecule has 2 N–H and O–H groups in total. The molecule has 0 bridgehead atoms. The minimum atomic E-state index is -0.859. The molecule has 1 aliphatic rings. The van der Waals surface area contributed by atoms with Crippen molar-refractivity contribution < 1.29 is 27.9 Å². The van der Waals surface area contributed by atoms with E-state index >= 15 is 0 Å². The molecule has 4 rings (SSSR count). The van der Waals surface area contributed by atoms with Crippen molar-refractivity contribution in [3.8, 4) is 11.1 Å². The number of hydrogen-bond donors (Lipinski definition) is 2. The number of rotatable bonds is 8. The Bertz CT molecular complexity index is 1320. The van der Waals surface area contributed by atoms with Crippen LogP contribution in [0.2, 0.25) is 0 Å². The van der Waals surface area contributed by atoms with Gasteiger partial charge >= 0.3 is 5.97 Å². The summed E-state index contributed by atoms with van der Waals surface area (Å²) in [7, 11) is 1.14. The lowest BCUT2D eigenvalue weighted by atomic mass is 9.89.